The molecule has 8 heteroatoms. The maximum atomic E-state index is 15.7. The number of aliphatic carboxylic acids is 1. The molecule has 0 spiro atoms. The van der Waals surface area contributed by atoms with Crippen molar-refractivity contribution in [2.75, 3.05) is 28.6 Å². The summed E-state index contributed by atoms with van der Waals surface area (Å²) in [5, 5.41) is 15.2. The van der Waals surface area contributed by atoms with Gasteiger partial charge in [0.1, 0.15) is 5.82 Å². The molecule has 0 radical (unpaired) electrons. The van der Waals surface area contributed by atoms with Crippen molar-refractivity contribution < 1.29 is 19.1 Å². The van der Waals surface area contributed by atoms with Crippen LogP contribution in [-0.4, -0.2) is 30.2 Å². The molecule has 2 aromatic rings. The third kappa shape index (κ3) is 7.90. The molecule has 6 nitrogen and oxygen atoms in total. The third-order valence-corrected chi connectivity index (χ3v) is 5.66. The smallest absolute Gasteiger partial charge is 0.323 e. The number of amides is 2. The van der Waals surface area contributed by atoms with Crippen LogP contribution in [0.15, 0.2) is 36.4 Å². The fraction of sp³-hybridized carbons (Fsp3) is 0.462. The fourth-order valence-corrected chi connectivity index (χ4v) is 4.14. The van der Waals surface area contributed by atoms with E-state index in [-0.39, 0.29) is 24.2 Å². The van der Waals surface area contributed by atoms with Gasteiger partial charge in [0.05, 0.1) is 28.5 Å². The van der Waals surface area contributed by atoms with Crippen LogP contribution in [0.1, 0.15) is 58.9 Å². The number of rotatable bonds is 11. The van der Waals surface area contributed by atoms with E-state index in [9.17, 15) is 14.7 Å². The molecule has 186 valence electrons. The van der Waals surface area contributed by atoms with Crippen LogP contribution in [0.4, 0.5) is 26.2 Å². The van der Waals surface area contributed by atoms with Crippen molar-refractivity contribution in [1.82, 2.24) is 0 Å². The Kier molecular flexibility index (Phi) is 10.2. The van der Waals surface area contributed by atoms with Crippen molar-refractivity contribution in [1.29, 1.82) is 0 Å². The Labute approximate surface area is 206 Å². The largest absolute Gasteiger partial charge is 0.481 e. The number of halogens is 2. The number of carboxylic acid groups (broad SMARTS) is 1. The summed E-state index contributed by atoms with van der Waals surface area (Å²) >= 11 is 6.16. The molecule has 2 amide bonds. The first-order valence-electron chi connectivity index (χ1n) is 11.6. The van der Waals surface area contributed by atoms with Crippen LogP contribution in [0.25, 0.3) is 0 Å². The van der Waals surface area contributed by atoms with Gasteiger partial charge >= 0.3 is 12.0 Å². The lowest BCUT2D eigenvalue weighted by Gasteiger charge is -2.31. The van der Waals surface area contributed by atoms with E-state index >= 15 is 4.39 Å². The quantitative estimate of drug-likeness (QED) is 0.310. The minimum absolute atomic E-state index is 0.123. The minimum atomic E-state index is -0.955. The molecule has 3 N–H and O–H groups in total. The summed E-state index contributed by atoms with van der Waals surface area (Å²) in [6.45, 7) is 11.3. The van der Waals surface area contributed by atoms with Crippen molar-refractivity contribution in [2.45, 2.75) is 53.4 Å². The van der Waals surface area contributed by atoms with Gasteiger partial charge in [0.25, 0.3) is 0 Å². The lowest BCUT2D eigenvalue weighted by Crippen LogP contribution is -2.33. The van der Waals surface area contributed by atoms with Crippen LogP contribution in [0.2, 0.25) is 5.02 Å². The van der Waals surface area contributed by atoms with Crippen molar-refractivity contribution in [2.24, 2.45) is 11.8 Å². The van der Waals surface area contributed by atoms with Crippen LogP contribution in [0, 0.1) is 17.7 Å². The first kappa shape index (κ1) is 27.4. The summed E-state index contributed by atoms with van der Waals surface area (Å²) in [6, 6.07) is 9.36. The van der Waals surface area contributed by atoms with Crippen LogP contribution < -0.4 is 15.5 Å². The Morgan fingerprint density at radius 3 is 2.15 bits per heavy atom. The Hall–Kier alpha value is -2.80. The molecule has 0 heterocycles. The molecule has 0 aliphatic heterocycles. The Bertz CT molecular complexity index is 987. The Morgan fingerprint density at radius 2 is 1.62 bits per heavy atom. The van der Waals surface area contributed by atoms with E-state index in [1.54, 1.807) is 30.3 Å². The van der Waals surface area contributed by atoms with Crippen LogP contribution >= 0.6 is 11.6 Å². The maximum Gasteiger partial charge on any atom is 0.323 e. The topological polar surface area (TPSA) is 81.7 Å². The van der Waals surface area contributed by atoms with E-state index in [1.165, 1.54) is 6.07 Å². The second-order valence-electron chi connectivity index (χ2n) is 9.35. The fourth-order valence-electron chi connectivity index (χ4n) is 3.96. The average molecular weight is 492 g/mol. The van der Waals surface area contributed by atoms with Gasteiger partial charge in [-0.2, -0.15) is 0 Å². The summed E-state index contributed by atoms with van der Waals surface area (Å²) in [5.74, 6) is -1.30. The first-order chi connectivity index (χ1) is 16.0. The predicted molar refractivity (Wildman–Crippen MR) is 138 cm³/mol. The second-order valence-corrected chi connectivity index (χ2v) is 9.76. The highest BCUT2D eigenvalue weighted by atomic mass is 35.5. The predicted octanol–water partition coefficient (Wildman–Crippen LogP) is 7.21. The molecule has 34 heavy (non-hydrogen) atoms. The SMILES string of the molecule is CCC(CC(=O)O)c1cc(F)c(N(CC(C)C)CC(C)C)c(NC(=O)Nc2ccccc2Cl)c1. The van der Waals surface area contributed by atoms with E-state index in [0.29, 0.717) is 47.2 Å². The Balaban J connectivity index is 2.53. The number of urea groups is 1. The van der Waals surface area contributed by atoms with Gasteiger partial charge < -0.3 is 20.6 Å². The van der Waals surface area contributed by atoms with Gasteiger partial charge in [-0.05, 0) is 54.0 Å². The highest BCUT2D eigenvalue weighted by Gasteiger charge is 2.24. The van der Waals surface area contributed by atoms with Crippen LogP contribution in [-0.2, 0) is 4.79 Å². The van der Waals surface area contributed by atoms with E-state index in [2.05, 4.69) is 38.3 Å². The normalized spacial score (nSPS) is 12.0. The molecule has 2 rings (SSSR count). The third-order valence-electron chi connectivity index (χ3n) is 5.33. The summed E-state index contributed by atoms with van der Waals surface area (Å²) in [6.07, 6.45) is 0.403. The molecule has 0 saturated carbocycles. The minimum Gasteiger partial charge on any atom is -0.481 e. The van der Waals surface area contributed by atoms with Crippen LogP contribution in [0.3, 0.4) is 0 Å². The molecule has 0 aliphatic carbocycles. The number of para-hydroxylation sites is 1. The number of benzene rings is 2. The summed E-state index contributed by atoms with van der Waals surface area (Å²) in [5.41, 5.74) is 1.56. The van der Waals surface area contributed by atoms with Gasteiger partial charge in [-0.1, -0.05) is 58.4 Å². The van der Waals surface area contributed by atoms with Gasteiger partial charge in [0, 0.05) is 13.1 Å². The molecule has 0 aromatic heterocycles. The number of hydrogen-bond acceptors (Lipinski definition) is 3. The van der Waals surface area contributed by atoms with Gasteiger partial charge in [-0.3, -0.25) is 4.79 Å². The van der Waals surface area contributed by atoms with Crippen molar-refractivity contribution >= 4 is 40.7 Å². The highest BCUT2D eigenvalue weighted by molar-refractivity contribution is 6.33. The van der Waals surface area contributed by atoms with E-state index in [1.807, 2.05) is 11.8 Å². The number of nitrogens with one attached hydrogen (secondary N) is 2. The molecule has 1 atom stereocenters. The molecule has 1 unspecified atom stereocenters. The van der Waals surface area contributed by atoms with Gasteiger partial charge in [-0.25, -0.2) is 9.18 Å². The van der Waals surface area contributed by atoms with E-state index in [0.717, 1.165) is 0 Å². The van der Waals surface area contributed by atoms with Gasteiger partial charge in [-0.15, -0.1) is 0 Å². The maximum absolute atomic E-state index is 15.7. The van der Waals surface area contributed by atoms with Gasteiger partial charge in [0.15, 0.2) is 0 Å². The number of nitrogens with zero attached hydrogens (tertiary/aromatic N) is 1. The van der Waals surface area contributed by atoms with Crippen molar-refractivity contribution in [3.05, 3.63) is 52.8 Å². The van der Waals surface area contributed by atoms with E-state index in [4.69, 9.17) is 11.6 Å². The number of carbonyl (C=O) groups is 2. The summed E-state index contributed by atoms with van der Waals surface area (Å²) in [4.78, 5) is 26.2. The molecular weight excluding hydrogens is 457 g/mol. The first-order valence-corrected chi connectivity index (χ1v) is 12.0. The zero-order chi connectivity index (χ0) is 25.4. The lowest BCUT2D eigenvalue weighted by molar-refractivity contribution is -0.137. The zero-order valence-corrected chi connectivity index (χ0v) is 21.2. The summed E-state index contributed by atoms with van der Waals surface area (Å²) < 4.78 is 15.7. The number of anilines is 3. The van der Waals surface area contributed by atoms with Crippen molar-refractivity contribution in [3.63, 3.8) is 0 Å². The highest BCUT2D eigenvalue weighted by Crippen LogP contribution is 2.36. The Morgan fingerprint density at radius 1 is 1.03 bits per heavy atom. The lowest BCUT2D eigenvalue weighted by atomic mass is 9.92. The molecule has 0 aliphatic rings. The monoisotopic (exact) mass is 491 g/mol. The number of carboxylic acids is 1. The average Bonchev–Trinajstić information content (AvgIpc) is 2.72. The molecule has 0 saturated heterocycles. The van der Waals surface area contributed by atoms with E-state index < -0.39 is 17.8 Å². The molecule has 0 fully saturated rings. The second kappa shape index (κ2) is 12.6. The molecule has 0 bridgehead atoms. The zero-order valence-electron chi connectivity index (χ0n) is 20.5. The molecular formula is C26H35ClFN3O3. The number of hydrogen-bond donors (Lipinski definition) is 3. The molecule has 2 aromatic carbocycles. The van der Waals surface area contributed by atoms with Crippen molar-refractivity contribution in [3.8, 4) is 0 Å². The summed E-state index contributed by atoms with van der Waals surface area (Å²) in [7, 11) is 0. The number of carbonyl (C=O) groups excluding carboxylic acids is 1. The van der Waals surface area contributed by atoms with Gasteiger partial charge in [0.2, 0.25) is 0 Å². The standard InChI is InChI=1S/C26H35ClFN3O3/c1-6-18(13-24(32)33)19-11-21(28)25(31(14-16(2)3)15-17(4)5)23(12-19)30-26(34)29-22-10-8-7-9-20(22)27/h7-12,16-18H,6,13-15H2,1-5H3,(H,32,33)(H2,29,30,34). The van der Waals surface area contributed by atoms with Crippen LogP contribution in [0.5, 0.6) is 0 Å².